The number of hydrogen-bond donors (Lipinski definition) is 2. The summed E-state index contributed by atoms with van der Waals surface area (Å²) in [4.78, 5) is 14.5. The number of carbonyl (C=O) groups excluding carboxylic acids is 1. The first kappa shape index (κ1) is 15.5. The zero-order valence-corrected chi connectivity index (χ0v) is 12.5. The van der Waals surface area contributed by atoms with Crippen molar-refractivity contribution in [3.63, 3.8) is 0 Å². The van der Waals surface area contributed by atoms with Crippen LogP contribution in [0.3, 0.4) is 0 Å². The van der Waals surface area contributed by atoms with E-state index in [0.29, 0.717) is 6.04 Å². The van der Waals surface area contributed by atoms with Gasteiger partial charge in [-0.25, -0.2) is 4.79 Å². The van der Waals surface area contributed by atoms with Crippen LogP contribution in [0.5, 0.6) is 0 Å². The molecule has 5 heteroatoms. The van der Waals surface area contributed by atoms with Gasteiger partial charge in [-0.3, -0.25) is 4.90 Å². The SMILES string of the molecule is CC(C)C(O)(C(=O)OCC1=CCN2CCC[C@@H]12)[C@@H](C)O. The predicted molar refractivity (Wildman–Crippen MR) is 75.1 cm³/mol. The summed E-state index contributed by atoms with van der Waals surface area (Å²) in [5.41, 5.74) is -0.721. The predicted octanol–water partition coefficient (Wildman–Crippen LogP) is 0.702. The van der Waals surface area contributed by atoms with E-state index >= 15 is 0 Å². The van der Waals surface area contributed by atoms with E-state index in [1.54, 1.807) is 13.8 Å². The van der Waals surface area contributed by atoms with Crippen LogP contribution in [0, 0.1) is 5.92 Å². The van der Waals surface area contributed by atoms with Crippen LogP contribution in [0.15, 0.2) is 11.6 Å². The Labute approximate surface area is 120 Å². The lowest BCUT2D eigenvalue weighted by atomic mass is 9.85. The molecule has 0 saturated carbocycles. The maximum atomic E-state index is 12.1. The van der Waals surface area contributed by atoms with Gasteiger partial charge in [0, 0.05) is 12.6 Å². The number of rotatable bonds is 5. The zero-order valence-electron chi connectivity index (χ0n) is 12.5. The van der Waals surface area contributed by atoms with Crippen LogP contribution in [0.25, 0.3) is 0 Å². The van der Waals surface area contributed by atoms with Crippen LogP contribution >= 0.6 is 0 Å². The van der Waals surface area contributed by atoms with Gasteiger partial charge in [-0.2, -0.15) is 0 Å². The number of hydrogen-bond acceptors (Lipinski definition) is 5. The fraction of sp³-hybridized carbons (Fsp3) is 0.800. The molecule has 1 unspecified atom stereocenters. The second kappa shape index (κ2) is 5.84. The number of aliphatic hydroxyl groups is 2. The van der Waals surface area contributed by atoms with E-state index in [1.807, 2.05) is 0 Å². The molecule has 2 N–H and O–H groups in total. The first-order chi connectivity index (χ1) is 9.37. The van der Waals surface area contributed by atoms with Crippen LogP contribution in [-0.2, 0) is 9.53 Å². The van der Waals surface area contributed by atoms with Crippen molar-refractivity contribution in [1.82, 2.24) is 4.90 Å². The molecule has 114 valence electrons. The number of esters is 1. The lowest BCUT2D eigenvalue weighted by Gasteiger charge is -2.32. The number of carbonyl (C=O) groups is 1. The first-order valence-electron chi connectivity index (χ1n) is 7.38. The monoisotopic (exact) mass is 283 g/mol. The van der Waals surface area contributed by atoms with Gasteiger partial charge in [0.05, 0.1) is 6.10 Å². The second-order valence-electron chi connectivity index (χ2n) is 6.16. The highest BCUT2D eigenvalue weighted by Crippen LogP contribution is 2.29. The normalized spacial score (nSPS) is 27.1. The maximum Gasteiger partial charge on any atom is 0.341 e. The van der Waals surface area contributed by atoms with Gasteiger partial charge in [-0.15, -0.1) is 0 Å². The Hall–Kier alpha value is -0.910. The van der Waals surface area contributed by atoms with Gasteiger partial charge < -0.3 is 14.9 Å². The van der Waals surface area contributed by atoms with Crippen LogP contribution < -0.4 is 0 Å². The molecule has 3 atom stereocenters. The molecule has 1 saturated heterocycles. The lowest BCUT2D eigenvalue weighted by molar-refractivity contribution is -0.183. The number of ether oxygens (including phenoxy) is 1. The molecule has 2 heterocycles. The highest BCUT2D eigenvalue weighted by molar-refractivity contribution is 5.80. The van der Waals surface area contributed by atoms with Crippen LogP contribution in [0.4, 0.5) is 0 Å². The molecule has 1 fully saturated rings. The molecule has 0 aromatic rings. The van der Waals surface area contributed by atoms with Crippen molar-refractivity contribution in [1.29, 1.82) is 0 Å². The van der Waals surface area contributed by atoms with Crippen molar-refractivity contribution in [3.8, 4) is 0 Å². The average Bonchev–Trinajstić information content (AvgIpc) is 2.97. The third kappa shape index (κ3) is 2.62. The smallest absolute Gasteiger partial charge is 0.341 e. The summed E-state index contributed by atoms with van der Waals surface area (Å²) >= 11 is 0. The lowest BCUT2D eigenvalue weighted by Crippen LogP contribution is -2.53. The molecule has 0 bridgehead atoms. The summed E-state index contributed by atoms with van der Waals surface area (Å²) in [5.74, 6) is -1.14. The molecule has 0 amide bonds. The average molecular weight is 283 g/mol. The molecule has 0 aromatic heterocycles. The minimum atomic E-state index is -1.84. The van der Waals surface area contributed by atoms with Crippen LogP contribution in [0.2, 0.25) is 0 Å². The summed E-state index contributed by atoms with van der Waals surface area (Å²) in [6.45, 7) is 7.03. The molecular formula is C15H25NO4. The summed E-state index contributed by atoms with van der Waals surface area (Å²) in [5, 5.41) is 20.0. The Kier molecular flexibility index (Phi) is 4.52. The van der Waals surface area contributed by atoms with Crippen molar-refractivity contribution in [2.24, 2.45) is 5.92 Å². The van der Waals surface area contributed by atoms with Gasteiger partial charge >= 0.3 is 5.97 Å². The fourth-order valence-corrected chi connectivity index (χ4v) is 3.14. The van der Waals surface area contributed by atoms with E-state index in [4.69, 9.17) is 4.74 Å². The minimum Gasteiger partial charge on any atom is -0.459 e. The quantitative estimate of drug-likeness (QED) is 0.574. The molecule has 2 rings (SSSR count). The number of fused-ring (bicyclic) bond motifs is 1. The highest BCUT2D eigenvalue weighted by atomic mass is 16.6. The topological polar surface area (TPSA) is 70.0 Å². The van der Waals surface area contributed by atoms with Crippen molar-refractivity contribution in [3.05, 3.63) is 11.6 Å². The molecular weight excluding hydrogens is 258 g/mol. The Balaban J connectivity index is 1.95. The summed E-state index contributed by atoms with van der Waals surface area (Å²) in [7, 11) is 0. The third-order valence-electron chi connectivity index (χ3n) is 4.59. The molecule has 5 nitrogen and oxygen atoms in total. The van der Waals surface area contributed by atoms with Gasteiger partial charge in [0.1, 0.15) is 6.61 Å². The molecule has 2 aliphatic heterocycles. The first-order valence-corrected chi connectivity index (χ1v) is 7.38. The van der Waals surface area contributed by atoms with Crippen LogP contribution in [-0.4, -0.2) is 58.5 Å². The second-order valence-corrected chi connectivity index (χ2v) is 6.16. The van der Waals surface area contributed by atoms with Crippen molar-refractivity contribution in [2.75, 3.05) is 19.7 Å². The van der Waals surface area contributed by atoms with Crippen LogP contribution in [0.1, 0.15) is 33.6 Å². The number of nitrogens with zero attached hydrogens (tertiary/aromatic N) is 1. The summed E-state index contributed by atoms with van der Waals surface area (Å²) in [6.07, 6.45) is 3.23. The molecule has 0 radical (unpaired) electrons. The minimum absolute atomic E-state index is 0.210. The van der Waals surface area contributed by atoms with Gasteiger partial charge in [0.15, 0.2) is 5.60 Å². The number of aliphatic hydroxyl groups excluding tert-OH is 1. The standard InChI is InChI=1S/C15H25NO4/c1-10(2)15(19,11(3)17)14(18)20-9-12-6-8-16-7-4-5-13(12)16/h6,10-11,13,17,19H,4-5,7-9H2,1-3H3/t11-,13+,15?/m1/s1. The van der Waals surface area contributed by atoms with E-state index in [-0.39, 0.29) is 6.61 Å². The summed E-state index contributed by atoms with van der Waals surface area (Å²) < 4.78 is 5.28. The largest absolute Gasteiger partial charge is 0.459 e. The van der Waals surface area contributed by atoms with Crippen molar-refractivity contribution >= 4 is 5.97 Å². The van der Waals surface area contributed by atoms with Crippen molar-refractivity contribution in [2.45, 2.75) is 51.4 Å². The molecule has 20 heavy (non-hydrogen) atoms. The molecule has 0 spiro atoms. The van der Waals surface area contributed by atoms with E-state index < -0.39 is 23.6 Å². The van der Waals surface area contributed by atoms with E-state index in [1.165, 1.54) is 13.3 Å². The van der Waals surface area contributed by atoms with E-state index in [2.05, 4.69) is 11.0 Å². The Morgan fingerprint density at radius 1 is 1.55 bits per heavy atom. The summed E-state index contributed by atoms with van der Waals surface area (Å²) in [6, 6.07) is 0.390. The highest BCUT2D eigenvalue weighted by Gasteiger charge is 2.46. The van der Waals surface area contributed by atoms with E-state index in [0.717, 1.165) is 25.1 Å². The van der Waals surface area contributed by atoms with Crippen molar-refractivity contribution < 1.29 is 19.7 Å². The Morgan fingerprint density at radius 3 is 2.85 bits per heavy atom. The Morgan fingerprint density at radius 2 is 2.25 bits per heavy atom. The van der Waals surface area contributed by atoms with E-state index in [9.17, 15) is 15.0 Å². The molecule has 2 aliphatic rings. The Bertz CT molecular complexity index is 395. The third-order valence-corrected chi connectivity index (χ3v) is 4.59. The maximum absolute atomic E-state index is 12.1. The van der Waals surface area contributed by atoms with Gasteiger partial charge in [-0.05, 0) is 37.8 Å². The fourth-order valence-electron chi connectivity index (χ4n) is 3.14. The zero-order chi connectivity index (χ0) is 14.9. The van der Waals surface area contributed by atoms with Gasteiger partial charge in [-0.1, -0.05) is 19.9 Å². The molecule has 0 aromatic carbocycles. The van der Waals surface area contributed by atoms with Gasteiger partial charge in [0.2, 0.25) is 0 Å². The molecule has 0 aliphatic carbocycles. The van der Waals surface area contributed by atoms with Gasteiger partial charge in [0.25, 0.3) is 0 Å².